The van der Waals surface area contributed by atoms with Gasteiger partial charge in [-0.1, -0.05) is 0 Å². The molecule has 9 heavy (non-hydrogen) atoms. The van der Waals surface area contributed by atoms with E-state index in [1.807, 2.05) is 0 Å². The molecule has 0 amide bonds. The van der Waals surface area contributed by atoms with Gasteiger partial charge in [0.15, 0.2) is 0 Å². The summed E-state index contributed by atoms with van der Waals surface area (Å²) in [6.45, 7) is 1.79. The lowest BCUT2D eigenvalue weighted by molar-refractivity contribution is 0.472. The topological polar surface area (TPSA) is 33.1 Å². The van der Waals surface area contributed by atoms with Crippen molar-refractivity contribution in [2.24, 2.45) is 0 Å². The molecule has 0 unspecified atom stereocenters. The highest BCUT2D eigenvalue weighted by Crippen LogP contribution is 2.03. The first-order valence-electron chi connectivity index (χ1n) is 2.61. The van der Waals surface area contributed by atoms with E-state index in [4.69, 9.17) is 13.0 Å². The molecule has 0 bridgehead atoms. The number of aryl methyl sites for hydroxylation is 1. The highest BCUT2D eigenvalue weighted by molar-refractivity contribution is 6.31. The molecule has 0 aliphatic rings. The van der Waals surface area contributed by atoms with Crippen LogP contribution in [0.15, 0.2) is 12.3 Å². The standard InChI is InChI=1S/C6H6BNO/c1-4-2-5(9)3-8-6(4)7/h2-3,9H,1H3. The number of hydrogen-bond acceptors (Lipinski definition) is 2. The minimum atomic E-state index is 0.154. The minimum Gasteiger partial charge on any atom is -0.506 e. The van der Waals surface area contributed by atoms with Crippen molar-refractivity contribution in [3.8, 4) is 5.75 Å². The lowest BCUT2D eigenvalue weighted by Crippen LogP contribution is -2.10. The van der Waals surface area contributed by atoms with Gasteiger partial charge in [-0.25, -0.2) is 0 Å². The molecule has 0 spiro atoms. The molecule has 0 atom stereocenters. The normalized spacial score (nSPS) is 9.44. The Kier molecular flexibility index (Phi) is 1.43. The van der Waals surface area contributed by atoms with E-state index in [0.717, 1.165) is 5.56 Å². The van der Waals surface area contributed by atoms with Crippen LogP contribution in [0.25, 0.3) is 0 Å². The molecule has 0 aromatic carbocycles. The average Bonchev–Trinajstić information content (AvgIpc) is 1.80. The van der Waals surface area contributed by atoms with Gasteiger partial charge in [0, 0.05) is 0 Å². The molecule has 2 nitrogen and oxygen atoms in total. The van der Waals surface area contributed by atoms with Crippen molar-refractivity contribution in [2.45, 2.75) is 6.92 Å². The maximum atomic E-state index is 8.82. The van der Waals surface area contributed by atoms with Crippen molar-refractivity contribution < 1.29 is 5.11 Å². The molecule has 3 heteroatoms. The fourth-order valence-corrected chi connectivity index (χ4v) is 0.571. The molecule has 2 radical (unpaired) electrons. The molecule has 1 heterocycles. The van der Waals surface area contributed by atoms with Crippen LogP contribution in [-0.2, 0) is 0 Å². The van der Waals surface area contributed by atoms with Crippen LogP contribution in [-0.4, -0.2) is 17.9 Å². The van der Waals surface area contributed by atoms with E-state index in [2.05, 4.69) is 4.98 Å². The third kappa shape index (κ3) is 1.22. The van der Waals surface area contributed by atoms with Gasteiger partial charge in [-0.2, -0.15) is 0 Å². The maximum absolute atomic E-state index is 8.82. The summed E-state index contributed by atoms with van der Waals surface area (Å²) in [5, 5.41) is 8.82. The summed E-state index contributed by atoms with van der Waals surface area (Å²) in [4.78, 5) is 3.71. The van der Waals surface area contributed by atoms with Crippen LogP contribution < -0.4 is 5.59 Å². The summed E-state index contributed by atoms with van der Waals surface area (Å²) in [5.74, 6) is 0.154. The Bertz CT molecular complexity index is 224. The van der Waals surface area contributed by atoms with E-state index >= 15 is 0 Å². The SMILES string of the molecule is [B]c1ncc(O)cc1C. The highest BCUT2D eigenvalue weighted by atomic mass is 16.3. The predicted octanol–water partition coefficient (Wildman–Crippen LogP) is -0.111. The molecule has 44 valence electrons. The van der Waals surface area contributed by atoms with Gasteiger partial charge in [0.1, 0.15) is 13.6 Å². The Balaban J connectivity index is 3.17. The Morgan fingerprint density at radius 1 is 1.67 bits per heavy atom. The van der Waals surface area contributed by atoms with Crippen molar-refractivity contribution in [1.29, 1.82) is 0 Å². The summed E-state index contributed by atoms with van der Waals surface area (Å²) in [5.41, 5.74) is 1.27. The van der Waals surface area contributed by atoms with Gasteiger partial charge >= 0.3 is 0 Å². The Hall–Kier alpha value is -0.985. The zero-order valence-corrected chi connectivity index (χ0v) is 5.13. The number of aromatic nitrogens is 1. The van der Waals surface area contributed by atoms with E-state index in [1.165, 1.54) is 6.20 Å². The number of hydrogen-bond donors (Lipinski definition) is 1. The first-order chi connectivity index (χ1) is 4.20. The molecule has 0 aliphatic carbocycles. The first kappa shape index (κ1) is 6.14. The van der Waals surface area contributed by atoms with Gasteiger partial charge in [0.05, 0.1) is 6.20 Å². The van der Waals surface area contributed by atoms with Crippen molar-refractivity contribution in [1.82, 2.24) is 4.98 Å². The third-order valence-electron chi connectivity index (χ3n) is 1.10. The smallest absolute Gasteiger partial charge is 0.142 e. The highest BCUT2D eigenvalue weighted by Gasteiger charge is 1.92. The molecular weight excluding hydrogens is 113 g/mol. The van der Waals surface area contributed by atoms with Crippen LogP contribution in [0.3, 0.4) is 0 Å². The molecular formula is C6H6BNO. The minimum absolute atomic E-state index is 0.154. The quantitative estimate of drug-likeness (QED) is 0.483. The molecule has 0 saturated heterocycles. The predicted molar refractivity (Wildman–Crippen MR) is 36.0 cm³/mol. The van der Waals surface area contributed by atoms with Gasteiger partial charge in [-0.05, 0) is 24.1 Å². The van der Waals surface area contributed by atoms with Crippen LogP contribution in [0.1, 0.15) is 5.56 Å². The van der Waals surface area contributed by atoms with Gasteiger partial charge in [-0.3, -0.25) is 4.98 Å². The van der Waals surface area contributed by atoms with E-state index in [0.29, 0.717) is 5.59 Å². The van der Waals surface area contributed by atoms with E-state index < -0.39 is 0 Å². The second-order valence-electron chi connectivity index (χ2n) is 1.90. The maximum Gasteiger partial charge on any atom is 0.142 e. The molecule has 0 saturated carbocycles. The third-order valence-corrected chi connectivity index (χ3v) is 1.10. The number of pyridine rings is 1. The summed E-state index contributed by atoms with van der Waals surface area (Å²) in [6, 6.07) is 1.57. The fourth-order valence-electron chi connectivity index (χ4n) is 0.571. The van der Waals surface area contributed by atoms with Crippen LogP contribution in [0.5, 0.6) is 5.75 Å². The summed E-state index contributed by atoms with van der Waals surface area (Å²) < 4.78 is 0. The lowest BCUT2D eigenvalue weighted by Gasteiger charge is -1.97. The monoisotopic (exact) mass is 119 g/mol. The molecule has 0 fully saturated rings. The lowest BCUT2D eigenvalue weighted by atomic mass is 9.99. The molecule has 1 rings (SSSR count). The molecule has 1 aromatic rings. The van der Waals surface area contributed by atoms with Crippen LogP contribution in [0, 0.1) is 6.92 Å². The van der Waals surface area contributed by atoms with Crippen molar-refractivity contribution in [3.05, 3.63) is 17.8 Å². The molecule has 0 aliphatic heterocycles. The zero-order chi connectivity index (χ0) is 6.85. The summed E-state index contributed by atoms with van der Waals surface area (Å²) in [6.07, 6.45) is 1.32. The van der Waals surface area contributed by atoms with Crippen molar-refractivity contribution >= 4 is 13.4 Å². The Morgan fingerprint density at radius 3 is 2.78 bits per heavy atom. The fraction of sp³-hybridized carbons (Fsp3) is 0.167. The Labute approximate surface area is 55.0 Å². The van der Waals surface area contributed by atoms with Gasteiger partial charge < -0.3 is 5.11 Å². The van der Waals surface area contributed by atoms with E-state index in [-0.39, 0.29) is 5.75 Å². The largest absolute Gasteiger partial charge is 0.506 e. The number of rotatable bonds is 0. The first-order valence-corrected chi connectivity index (χ1v) is 2.61. The average molecular weight is 119 g/mol. The van der Waals surface area contributed by atoms with Crippen LogP contribution in [0.4, 0.5) is 0 Å². The second-order valence-corrected chi connectivity index (χ2v) is 1.90. The van der Waals surface area contributed by atoms with E-state index in [9.17, 15) is 0 Å². The zero-order valence-electron chi connectivity index (χ0n) is 5.13. The van der Waals surface area contributed by atoms with Crippen molar-refractivity contribution in [2.75, 3.05) is 0 Å². The number of nitrogens with zero attached hydrogens (tertiary/aromatic N) is 1. The summed E-state index contributed by atoms with van der Waals surface area (Å²) in [7, 11) is 5.37. The van der Waals surface area contributed by atoms with E-state index in [1.54, 1.807) is 13.0 Å². The second kappa shape index (κ2) is 2.09. The van der Waals surface area contributed by atoms with Gasteiger partial charge in [0.25, 0.3) is 0 Å². The van der Waals surface area contributed by atoms with Crippen LogP contribution in [0.2, 0.25) is 0 Å². The molecule has 1 N–H and O–H groups in total. The van der Waals surface area contributed by atoms with Gasteiger partial charge in [0.2, 0.25) is 0 Å². The van der Waals surface area contributed by atoms with Crippen molar-refractivity contribution in [3.63, 3.8) is 0 Å². The number of aromatic hydroxyl groups is 1. The Morgan fingerprint density at radius 2 is 2.33 bits per heavy atom. The summed E-state index contributed by atoms with van der Waals surface area (Å²) >= 11 is 0. The van der Waals surface area contributed by atoms with Gasteiger partial charge in [-0.15, -0.1) is 0 Å². The molecule has 1 aromatic heterocycles. The van der Waals surface area contributed by atoms with Crippen LogP contribution >= 0.6 is 0 Å².